The highest BCUT2D eigenvalue weighted by atomic mass is 16.5. The van der Waals surface area contributed by atoms with E-state index in [0.29, 0.717) is 50.1 Å². The summed E-state index contributed by atoms with van der Waals surface area (Å²) in [7, 11) is 7.02. The van der Waals surface area contributed by atoms with E-state index in [1.54, 1.807) is 72.8 Å². The summed E-state index contributed by atoms with van der Waals surface area (Å²) in [6.45, 7) is 0. The first kappa shape index (κ1) is 40.9. The molecule has 4 heterocycles. The van der Waals surface area contributed by atoms with Gasteiger partial charge in [-0.05, 0) is 48.5 Å². The number of benzene rings is 4. The minimum Gasteiger partial charge on any atom is -0.496 e. The van der Waals surface area contributed by atoms with E-state index in [0.717, 1.165) is 0 Å². The van der Waals surface area contributed by atoms with Crippen LogP contribution in [0.2, 0.25) is 0 Å². The number of anilines is 3. The van der Waals surface area contributed by atoms with E-state index in [1.165, 1.54) is 59.8 Å². The van der Waals surface area contributed by atoms with Crippen LogP contribution in [0.4, 0.5) is 17.1 Å². The first-order chi connectivity index (χ1) is 30.6. The minimum atomic E-state index is -0.691. The van der Waals surface area contributed by atoms with E-state index in [-0.39, 0.29) is 62.0 Å². The van der Waals surface area contributed by atoms with Gasteiger partial charge < -0.3 is 39.6 Å². The number of nitrogens with zero attached hydrogens (tertiary/aromatic N) is 5. The fraction of sp³-hybridized carbons (Fsp3) is 0.109. The third-order valence-corrected chi connectivity index (χ3v) is 10.0. The van der Waals surface area contributed by atoms with Gasteiger partial charge in [0, 0.05) is 45.8 Å². The Morgan fingerprint density at radius 2 is 0.778 bits per heavy atom. The van der Waals surface area contributed by atoms with Crippen molar-refractivity contribution in [1.82, 2.24) is 19.9 Å². The Kier molecular flexibility index (Phi) is 11.0. The van der Waals surface area contributed by atoms with Gasteiger partial charge in [-0.2, -0.15) is 5.26 Å². The lowest BCUT2D eigenvalue weighted by atomic mass is 10.1. The number of fused-ring (bicyclic) bond motifs is 4. The normalized spacial score (nSPS) is 10.9. The topological polar surface area (TPSA) is 226 Å². The molecular weight excluding hydrogens is 809 g/mol. The molecule has 0 aliphatic rings. The summed E-state index contributed by atoms with van der Waals surface area (Å²) in [6.07, 6.45) is 0. The maximum absolute atomic E-state index is 14.1. The smallest absolute Gasteiger partial charge is 0.356 e. The van der Waals surface area contributed by atoms with Gasteiger partial charge in [0.15, 0.2) is 5.69 Å². The molecule has 0 bridgehead atoms. The second-order valence-electron chi connectivity index (χ2n) is 13.6. The van der Waals surface area contributed by atoms with Crippen molar-refractivity contribution >= 4 is 84.4 Å². The highest BCUT2D eigenvalue weighted by molar-refractivity contribution is 6.14. The summed E-state index contributed by atoms with van der Waals surface area (Å²) in [5.41, 5.74) is 1.83. The zero-order valence-electron chi connectivity index (χ0n) is 34.1. The molecule has 8 rings (SSSR count). The Balaban J connectivity index is 1.13. The number of para-hydroxylation sites is 4. The summed E-state index contributed by atoms with van der Waals surface area (Å²) in [4.78, 5) is 72.4. The van der Waals surface area contributed by atoms with Crippen molar-refractivity contribution in [3.63, 3.8) is 0 Å². The first-order valence-corrected chi connectivity index (χ1v) is 18.9. The van der Waals surface area contributed by atoms with Crippen LogP contribution in [-0.2, 0) is 4.74 Å². The number of rotatable bonds is 11. The van der Waals surface area contributed by atoms with Gasteiger partial charge in [0.25, 0.3) is 17.7 Å². The molecule has 0 aliphatic carbocycles. The Labute approximate surface area is 357 Å². The fourth-order valence-corrected chi connectivity index (χ4v) is 7.06. The summed E-state index contributed by atoms with van der Waals surface area (Å²) in [6, 6.07) is 28.1. The zero-order valence-corrected chi connectivity index (χ0v) is 34.1. The van der Waals surface area contributed by atoms with Crippen LogP contribution in [0.15, 0.2) is 97.1 Å². The quantitative estimate of drug-likeness (QED) is 0.108. The molecule has 8 aromatic rings. The molecule has 3 amide bonds. The van der Waals surface area contributed by atoms with Crippen molar-refractivity contribution in [3.05, 3.63) is 125 Å². The predicted molar refractivity (Wildman–Crippen MR) is 233 cm³/mol. The molecule has 0 spiro atoms. The highest BCUT2D eigenvalue weighted by Gasteiger charge is 2.22. The standard InChI is InChI=1S/C46H34N8O9/c1-59-35-18-31(48-39-23(22-47)10-6-11-24(35)39)43(55)52-28-15-7-12-25-36(60-2)19-32(49-40(25)28)44(56)53-29-16-8-13-26-37(61-3)20-33(50-41(26)29)45(57)54-30-17-9-14-27-38(62-4)21-34(46(58)63-5)51-42(27)30/h6-21H,1-5H3,(H,52,55)(H,53,56)(H,54,57). The maximum Gasteiger partial charge on any atom is 0.356 e. The van der Waals surface area contributed by atoms with Crippen LogP contribution in [0, 0.1) is 11.3 Å². The zero-order chi connectivity index (χ0) is 44.4. The largest absolute Gasteiger partial charge is 0.496 e. The Morgan fingerprint density at radius 3 is 1.13 bits per heavy atom. The van der Waals surface area contributed by atoms with Gasteiger partial charge in [-0.3, -0.25) is 14.4 Å². The lowest BCUT2D eigenvalue weighted by Gasteiger charge is -2.15. The van der Waals surface area contributed by atoms with E-state index in [4.69, 9.17) is 23.7 Å². The van der Waals surface area contributed by atoms with Crippen LogP contribution < -0.4 is 34.9 Å². The Bertz CT molecular complexity index is 3260. The Morgan fingerprint density at radius 1 is 0.460 bits per heavy atom. The average Bonchev–Trinajstić information content (AvgIpc) is 3.32. The molecule has 3 N–H and O–H groups in total. The molecule has 0 atom stereocenters. The van der Waals surface area contributed by atoms with E-state index in [2.05, 4.69) is 42.0 Å². The highest BCUT2D eigenvalue weighted by Crippen LogP contribution is 2.35. The van der Waals surface area contributed by atoms with Gasteiger partial charge in [-0.1, -0.05) is 24.3 Å². The van der Waals surface area contributed by atoms with Crippen molar-refractivity contribution < 1.29 is 42.9 Å². The van der Waals surface area contributed by atoms with Crippen molar-refractivity contribution in [2.45, 2.75) is 0 Å². The Hall–Kier alpha value is -8.91. The van der Waals surface area contributed by atoms with Crippen molar-refractivity contribution in [2.24, 2.45) is 0 Å². The fourth-order valence-electron chi connectivity index (χ4n) is 7.06. The maximum atomic E-state index is 14.1. The number of hydrogen-bond donors (Lipinski definition) is 3. The molecule has 0 fully saturated rings. The minimum absolute atomic E-state index is 0.0198. The molecule has 312 valence electrons. The lowest BCUT2D eigenvalue weighted by molar-refractivity contribution is 0.0593. The molecule has 4 aromatic heterocycles. The second-order valence-corrected chi connectivity index (χ2v) is 13.6. The molecule has 0 saturated carbocycles. The average molecular weight is 843 g/mol. The summed E-state index contributed by atoms with van der Waals surface area (Å²) >= 11 is 0. The van der Waals surface area contributed by atoms with Crippen LogP contribution in [0.5, 0.6) is 23.0 Å². The summed E-state index contributed by atoms with van der Waals surface area (Å²) < 4.78 is 27.2. The first-order valence-electron chi connectivity index (χ1n) is 18.9. The van der Waals surface area contributed by atoms with E-state index >= 15 is 0 Å². The number of aromatic nitrogens is 4. The molecule has 0 saturated heterocycles. The number of carbonyl (C=O) groups is 4. The molecule has 17 heteroatoms. The number of hydrogen-bond acceptors (Lipinski definition) is 14. The molecule has 4 aromatic carbocycles. The van der Waals surface area contributed by atoms with E-state index in [9.17, 15) is 24.4 Å². The van der Waals surface area contributed by atoms with Crippen molar-refractivity contribution in [2.75, 3.05) is 51.5 Å². The van der Waals surface area contributed by atoms with Gasteiger partial charge >= 0.3 is 5.97 Å². The molecule has 63 heavy (non-hydrogen) atoms. The molecule has 0 aliphatic heterocycles. The van der Waals surface area contributed by atoms with Crippen molar-refractivity contribution in [3.8, 4) is 29.1 Å². The SMILES string of the molecule is COC(=O)c1cc(OC)c2cccc(NC(=O)c3cc(OC)c4cccc(NC(=O)c5cc(OC)c6cccc(NC(=O)c7cc(OC)c8cccc(C#N)c8n7)c6n5)c4n3)c2n1. The van der Waals surface area contributed by atoms with Crippen LogP contribution in [0.3, 0.4) is 0 Å². The lowest BCUT2D eigenvalue weighted by Crippen LogP contribution is -2.17. The van der Waals surface area contributed by atoms with Gasteiger partial charge in [0.1, 0.15) is 46.1 Å². The van der Waals surface area contributed by atoms with E-state index in [1.807, 2.05) is 0 Å². The summed E-state index contributed by atoms with van der Waals surface area (Å²) in [5.74, 6) is -1.34. The van der Waals surface area contributed by atoms with Crippen LogP contribution in [0.25, 0.3) is 43.6 Å². The predicted octanol–water partition coefficient (Wildman–Crippen LogP) is 7.33. The van der Waals surface area contributed by atoms with Gasteiger partial charge in [0.2, 0.25) is 0 Å². The third kappa shape index (κ3) is 7.59. The number of carbonyl (C=O) groups excluding carboxylic acids is 4. The van der Waals surface area contributed by atoms with E-state index < -0.39 is 23.7 Å². The van der Waals surface area contributed by atoms with Crippen LogP contribution >= 0.6 is 0 Å². The van der Waals surface area contributed by atoms with Gasteiger partial charge in [-0.15, -0.1) is 0 Å². The van der Waals surface area contributed by atoms with Gasteiger partial charge in [0.05, 0.1) is 80.2 Å². The second kappa shape index (κ2) is 17.0. The third-order valence-electron chi connectivity index (χ3n) is 10.0. The summed E-state index contributed by atoms with van der Waals surface area (Å²) in [5, 5.41) is 20.3. The number of nitrogens with one attached hydrogen (secondary N) is 3. The number of esters is 1. The molecule has 17 nitrogen and oxygen atoms in total. The number of amides is 3. The van der Waals surface area contributed by atoms with Crippen molar-refractivity contribution in [1.29, 1.82) is 5.26 Å². The number of nitriles is 1. The van der Waals surface area contributed by atoms with Crippen LogP contribution in [0.1, 0.15) is 47.5 Å². The number of methoxy groups -OCH3 is 5. The molecule has 0 unspecified atom stereocenters. The monoisotopic (exact) mass is 842 g/mol. The molecular formula is C46H34N8O9. The van der Waals surface area contributed by atoms with Crippen LogP contribution in [-0.4, -0.2) is 79.2 Å². The van der Waals surface area contributed by atoms with Gasteiger partial charge in [-0.25, -0.2) is 24.7 Å². The number of pyridine rings is 4. The number of ether oxygens (including phenoxy) is 5. The molecule has 0 radical (unpaired) electrons.